The van der Waals surface area contributed by atoms with Crippen molar-refractivity contribution in [3.8, 4) is 0 Å². The molecule has 0 aliphatic rings. The molecule has 0 heterocycles. The summed E-state index contributed by atoms with van der Waals surface area (Å²) in [7, 11) is 0. The summed E-state index contributed by atoms with van der Waals surface area (Å²) >= 11 is 0. The van der Waals surface area contributed by atoms with Crippen LogP contribution < -0.4 is 10.6 Å². The molecule has 0 radical (unpaired) electrons. The molecule has 0 bridgehead atoms. The molecule has 0 aliphatic carbocycles. The van der Waals surface area contributed by atoms with Crippen LogP contribution in [0.25, 0.3) is 0 Å². The lowest BCUT2D eigenvalue weighted by Gasteiger charge is -2.20. The number of urea groups is 1. The number of hydrogen-bond donors (Lipinski definition) is 2. The van der Waals surface area contributed by atoms with Crippen LogP contribution in [0.5, 0.6) is 0 Å². The van der Waals surface area contributed by atoms with Gasteiger partial charge in [0.2, 0.25) is 0 Å². The fourth-order valence-electron chi connectivity index (χ4n) is 2.45. The molecule has 0 aromatic heterocycles. The van der Waals surface area contributed by atoms with Gasteiger partial charge < -0.3 is 10.6 Å². The van der Waals surface area contributed by atoms with Gasteiger partial charge in [-0.05, 0) is 49.6 Å². The quantitative estimate of drug-likeness (QED) is 0.862. The Labute approximate surface area is 134 Å². The number of rotatable bonds is 4. The van der Waals surface area contributed by atoms with Gasteiger partial charge in [0.15, 0.2) is 11.6 Å². The highest BCUT2D eigenvalue weighted by Crippen LogP contribution is 2.18. The van der Waals surface area contributed by atoms with E-state index in [0.717, 1.165) is 23.3 Å². The van der Waals surface area contributed by atoms with Crippen LogP contribution in [0.1, 0.15) is 42.6 Å². The smallest absolute Gasteiger partial charge is 0.315 e. The summed E-state index contributed by atoms with van der Waals surface area (Å²) in [6.45, 7) is 5.59. The third-order valence-corrected chi connectivity index (χ3v) is 3.79. The van der Waals surface area contributed by atoms with Gasteiger partial charge in [0.25, 0.3) is 0 Å². The van der Waals surface area contributed by atoms with Crippen molar-refractivity contribution in [3.63, 3.8) is 0 Å². The van der Waals surface area contributed by atoms with Crippen molar-refractivity contribution in [2.45, 2.75) is 32.9 Å². The summed E-state index contributed by atoms with van der Waals surface area (Å²) in [6.07, 6.45) is 0. The van der Waals surface area contributed by atoms with E-state index >= 15 is 0 Å². The average Bonchev–Trinajstić information content (AvgIpc) is 2.50. The molecule has 2 aromatic rings. The monoisotopic (exact) mass is 318 g/mol. The molecule has 2 atom stereocenters. The van der Waals surface area contributed by atoms with Crippen LogP contribution in [-0.2, 0) is 0 Å². The van der Waals surface area contributed by atoms with Crippen LogP contribution in [0, 0.1) is 18.6 Å². The number of hydrogen-bond acceptors (Lipinski definition) is 1. The first-order valence-electron chi connectivity index (χ1n) is 7.46. The average molecular weight is 318 g/mol. The summed E-state index contributed by atoms with van der Waals surface area (Å²) < 4.78 is 26.2. The van der Waals surface area contributed by atoms with E-state index in [4.69, 9.17) is 0 Å². The van der Waals surface area contributed by atoms with E-state index < -0.39 is 17.7 Å². The van der Waals surface area contributed by atoms with E-state index in [1.54, 1.807) is 6.92 Å². The van der Waals surface area contributed by atoms with Crippen LogP contribution in [-0.4, -0.2) is 6.03 Å². The second kappa shape index (κ2) is 7.22. The predicted molar refractivity (Wildman–Crippen MR) is 86.0 cm³/mol. The molecule has 0 saturated carbocycles. The minimum absolute atomic E-state index is 0.159. The Balaban J connectivity index is 1.98. The van der Waals surface area contributed by atoms with Crippen molar-refractivity contribution in [1.82, 2.24) is 10.6 Å². The van der Waals surface area contributed by atoms with E-state index in [-0.39, 0.29) is 12.1 Å². The predicted octanol–water partition coefficient (Wildman–Crippen LogP) is 4.39. The molecule has 2 amide bonds. The molecular formula is C18H20F2N2O. The van der Waals surface area contributed by atoms with Crippen molar-refractivity contribution in [3.05, 3.63) is 70.8 Å². The Hall–Kier alpha value is -2.43. The molecule has 2 N–H and O–H groups in total. The molecule has 2 rings (SSSR count). The molecule has 0 unspecified atom stereocenters. The van der Waals surface area contributed by atoms with Gasteiger partial charge in [-0.3, -0.25) is 0 Å². The third kappa shape index (κ3) is 4.28. The molecular weight excluding hydrogens is 298 g/mol. The fraction of sp³-hybridized carbons (Fsp3) is 0.278. The van der Waals surface area contributed by atoms with Gasteiger partial charge in [-0.25, -0.2) is 13.6 Å². The van der Waals surface area contributed by atoms with E-state index in [2.05, 4.69) is 10.6 Å². The second-order valence-electron chi connectivity index (χ2n) is 5.59. The normalized spacial score (nSPS) is 13.3. The van der Waals surface area contributed by atoms with Crippen LogP contribution in [0.4, 0.5) is 13.6 Å². The summed E-state index contributed by atoms with van der Waals surface area (Å²) in [5.74, 6) is -1.83. The van der Waals surface area contributed by atoms with Crippen LogP contribution in [0.3, 0.4) is 0 Å². The van der Waals surface area contributed by atoms with Gasteiger partial charge in [0.05, 0.1) is 12.1 Å². The Kier molecular flexibility index (Phi) is 5.32. The van der Waals surface area contributed by atoms with Crippen molar-refractivity contribution < 1.29 is 13.6 Å². The highest BCUT2D eigenvalue weighted by molar-refractivity contribution is 5.75. The molecule has 0 aliphatic heterocycles. The maximum absolute atomic E-state index is 13.2. The number of nitrogens with one attached hydrogen (secondary N) is 2. The first-order valence-corrected chi connectivity index (χ1v) is 7.46. The van der Waals surface area contributed by atoms with Crippen molar-refractivity contribution in [1.29, 1.82) is 0 Å². The van der Waals surface area contributed by atoms with Crippen molar-refractivity contribution in [2.75, 3.05) is 0 Å². The Bertz CT molecular complexity index is 703. The lowest BCUT2D eigenvalue weighted by molar-refractivity contribution is 0.235. The minimum Gasteiger partial charge on any atom is -0.332 e. The van der Waals surface area contributed by atoms with Gasteiger partial charge in [-0.1, -0.05) is 30.3 Å². The summed E-state index contributed by atoms with van der Waals surface area (Å²) in [5.41, 5.74) is 2.62. The van der Waals surface area contributed by atoms with E-state index in [1.165, 1.54) is 6.07 Å². The Morgan fingerprint density at radius 3 is 2.26 bits per heavy atom. The number of amides is 2. The summed E-state index contributed by atoms with van der Waals surface area (Å²) in [5, 5.41) is 5.57. The van der Waals surface area contributed by atoms with Gasteiger partial charge in [0.1, 0.15) is 0 Å². The summed E-state index contributed by atoms with van der Waals surface area (Å²) in [4.78, 5) is 12.1. The second-order valence-corrected chi connectivity index (χ2v) is 5.59. The minimum atomic E-state index is -0.926. The number of carbonyl (C=O) groups excluding carboxylic acids is 1. The highest BCUT2D eigenvalue weighted by atomic mass is 19.2. The lowest BCUT2D eigenvalue weighted by Crippen LogP contribution is -2.38. The van der Waals surface area contributed by atoms with Gasteiger partial charge in [-0.15, -0.1) is 0 Å². The van der Waals surface area contributed by atoms with Gasteiger partial charge in [0, 0.05) is 0 Å². The van der Waals surface area contributed by atoms with Crippen molar-refractivity contribution >= 4 is 6.03 Å². The maximum Gasteiger partial charge on any atom is 0.315 e. The molecule has 23 heavy (non-hydrogen) atoms. The molecule has 0 fully saturated rings. The standard InChI is InChI=1S/C18H20F2N2O/c1-11-6-4-5-7-15(11)13(3)22-18(23)21-12(2)14-8-9-16(19)17(20)10-14/h4-10,12-13H,1-3H3,(H2,21,22,23)/t12-,13+/m0/s1. The highest BCUT2D eigenvalue weighted by Gasteiger charge is 2.15. The number of halogens is 2. The zero-order valence-electron chi connectivity index (χ0n) is 13.4. The topological polar surface area (TPSA) is 41.1 Å². The molecule has 122 valence electrons. The van der Waals surface area contributed by atoms with Crippen LogP contribution >= 0.6 is 0 Å². The van der Waals surface area contributed by atoms with Gasteiger partial charge in [-0.2, -0.15) is 0 Å². The first-order chi connectivity index (χ1) is 10.9. The maximum atomic E-state index is 13.2. The van der Waals surface area contributed by atoms with Crippen molar-refractivity contribution in [2.24, 2.45) is 0 Å². The zero-order valence-corrected chi connectivity index (χ0v) is 13.4. The largest absolute Gasteiger partial charge is 0.332 e. The third-order valence-electron chi connectivity index (χ3n) is 3.79. The molecule has 5 heteroatoms. The van der Waals surface area contributed by atoms with Gasteiger partial charge >= 0.3 is 6.03 Å². The Morgan fingerprint density at radius 2 is 1.61 bits per heavy atom. The number of carbonyl (C=O) groups is 1. The van der Waals surface area contributed by atoms with E-state index in [0.29, 0.717) is 5.56 Å². The molecule has 3 nitrogen and oxygen atoms in total. The van der Waals surface area contributed by atoms with E-state index in [1.807, 2.05) is 38.1 Å². The van der Waals surface area contributed by atoms with Crippen LogP contribution in [0.15, 0.2) is 42.5 Å². The fourth-order valence-corrected chi connectivity index (χ4v) is 2.45. The Morgan fingerprint density at radius 1 is 0.957 bits per heavy atom. The molecule has 0 spiro atoms. The zero-order chi connectivity index (χ0) is 17.0. The van der Waals surface area contributed by atoms with E-state index in [9.17, 15) is 13.6 Å². The summed E-state index contributed by atoms with van der Waals surface area (Å²) in [6, 6.07) is 10.4. The number of aryl methyl sites for hydroxylation is 1. The SMILES string of the molecule is Cc1ccccc1[C@@H](C)NC(=O)N[C@@H](C)c1ccc(F)c(F)c1. The first kappa shape index (κ1) is 16.9. The number of benzene rings is 2. The molecule has 2 aromatic carbocycles. The van der Waals surface area contributed by atoms with Crippen LogP contribution in [0.2, 0.25) is 0 Å². The lowest BCUT2D eigenvalue weighted by atomic mass is 10.0. The molecule has 0 saturated heterocycles.